The predicted molar refractivity (Wildman–Crippen MR) is 67.3 cm³/mol. The number of hydrogen-bond acceptors (Lipinski definition) is 2. The van der Waals surface area contributed by atoms with Gasteiger partial charge in [-0.3, -0.25) is 0 Å². The van der Waals surface area contributed by atoms with Gasteiger partial charge in [0.25, 0.3) is 0 Å². The van der Waals surface area contributed by atoms with Crippen LogP contribution in [0.2, 0.25) is 0 Å². The van der Waals surface area contributed by atoms with Crippen LogP contribution in [0.5, 0.6) is 0 Å². The molecule has 0 bridgehead atoms. The summed E-state index contributed by atoms with van der Waals surface area (Å²) in [4.78, 5) is 16.5. The summed E-state index contributed by atoms with van der Waals surface area (Å²) < 4.78 is 0. The second-order valence-corrected chi connectivity index (χ2v) is 5.06. The molecule has 0 aromatic rings. The second kappa shape index (κ2) is 4.99. The van der Waals surface area contributed by atoms with E-state index in [1.54, 1.807) is 0 Å². The summed E-state index contributed by atoms with van der Waals surface area (Å²) in [7, 11) is 0. The molecule has 16 heavy (non-hydrogen) atoms. The van der Waals surface area contributed by atoms with Crippen molar-refractivity contribution in [2.75, 3.05) is 19.6 Å². The van der Waals surface area contributed by atoms with Gasteiger partial charge in [-0.05, 0) is 32.1 Å². The van der Waals surface area contributed by atoms with Gasteiger partial charge in [0.2, 0.25) is 0 Å². The second-order valence-electron chi connectivity index (χ2n) is 4.58. The van der Waals surface area contributed by atoms with Crippen LogP contribution >= 0.6 is 12.2 Å². The van der Waals surface area contributed by atoms with Gasteiger partial charge in [-0.2, -0.15) is 0 Å². The highest BCUT2D eigenvalue weighted by Crippen LogP contribution is 2.20. The summed E-state index contributed by atoms with van der Waals surface area (Å²) >= 11 is 5.05. The molecule has 2 amide bonds. The Morgan fingerprint density at radius 2 is 1.75 bits per heavy atom. The number of likely N-dealkylation sites (tertiary alicyclic amines) is 2. The van der Waals surface area contributed by atoms with Crippen molar-refractivity contribution < 1.29 is 4.79 Å². The number of urea groups is 1. The zero-order chi connectivity index (χ0) is 11.5. The Morgan fingerprint density at radius 3 is 2.38 bits per heavy atom. The monoisotopic (exact) mass is 241 g/mol. The minimum Gasteiger partial charge on any atom is -0.392 e. The highest BCUT2D eigenvalue weighted by atomic mass is 32.1. The van der Waals surface area contributed by atoms with Crippen molar-refractivity contribution in [1.82, 2.24) is 9.80 Å². The first-order valence-corrected chi connectivity index (χ1v) is 6.46. The molecule has 2 fully saturated rings. The number of carbonyl (C=O) groups is 1. The maximum atomic E-state index is 12.3. The van der Waals surface area contributed by atoms with E-state index in [1.165, 1.54) is 0 Å². The highest BCUT2D eigenvalue weighted by Gasteiger charge is 2.32. The Morgan fingerprint density at radius 1 is 1.12 bits per heavy atom. The number of piperidine rings is 1. The van der Waals surface area contributed by atoms with Crippen LogP contribution in [0.1, 0.15) is 32.1 Å². The summed E-state index contributed by atoms with van der Waals surface area (Å²) in [6, 6.07) is 0.117. The lowest BCUT2D eigenvalue weighted by atomic mass is 10.0. The van der Waals surface area contributed by atoms with Crippen molar-refractivity contribution in [3.05, 3.63) is 0 Å². The molecule has 0 aromatic carbocycles. The van der Waals surface area contributed by atoms with Crippen LogP contribution in [0.3, 0.4) is 0 Å². The Kier molecular flexibility index (Phi) is 3.63. The van der Waals surface area contributed by atoms with Gasteiger partial charge in [0, 0.05) is 19.6 Å². The molecule has 2 aliphatic rings. The van der Waals surface area contributed by atoms with Crippen LogP contribution in [-0.2, 0) is 0 Å². The van der Waals surface area contributed by atoms with Crippen molar-refractivity contribution in [2.24, 2.45) is 5.73 Å². The lowest BCUT2D eigenvalue weighted by molar-refractivity contribution is 0.141. The van der Waals surface area contributed by atoms with Gasteiger partial charge in [0.1, 0.15) is 0 Å². The largest absolute Gasteiger partial charge is 0.392 e. The molecule has 2 aliphatic heterocycles. The van der Waals surface area contributed by atoms with E-state index in [0.717, 1.165) is 51.7 Å². The number of rotatable bonds is 1. The number of hydrogen-bond donors (Lipinski definition) is 1. The van der Waals surface area contributed by atoms with Gasteiger partial charge in [-0.15, -0.1) is 0 Å². The molecule has 90 valence electrons. The molecule has 2 rings (SSSR count). The minimum absolute atomic E-state index is 0.0168. The van der Waals surface area contributed by atoms with Gasteiger partial charge >= 0.3 is 6.03 Å². The van der Waals surface area contributed by atoms with E-state index in [9.17, 15) is 4.79 Å². The van der Waals surface area contributed by atoms with E-state index in [-0.39, 0.29) is 12.1 Å². The fourth-order valence-electron chi connectivity index (χ4n) is 2.55. The molecule has 0 aliphatic carbocycles. The lowest BCUT2D eigenvalue weighted by Crippen LogP contribution is -2.53. The molecule has 1 unspecified atom stereocenters. The van der Waals surface area contributed by atoms with Crippen LogP contribution in [0.15, 0.2) is 0 Å². The number of nitrogens with zero attached hydrogens (tertiary/aromatic N) is 2. The maximum Gasteiger partial charge on any atom is 0.320 e. The third-order valence-corrected chi connectivity index (χ3v) is 3.73. The van der Waals surface area contributed by atoms with E-state index >= 15 is 0 Å². The third kappa shape index (κ3) is 2.29. The predicted octanol–water partition coefficient (Wildman–Crippen LogP) is 1.34. The Hall–Kier alpha value is -0.840. The van der Waals surface area contributed by atoms with Crippen molar-refractivity contribution in [3.63, 3.8) is 0 Å². The first-order valence-electron chi connectivity index (χ1n) is 6.05. The Labute approximate surface area is 102 Å². The standard InChI is InChI=1S/C11H19N3OS/c12-10(16)9-5-1-2-8-14(9)11(15)13-6-3-4-7-13/h9H,1-8H2,(H2,12,16). The number of thiocarbonyl (C=S) groups is 1. The Bertz CT molecular complexity index is 289. The van der Waals surface area contributed by atoms with Crippen molar-refractivity contribution >= 4 is 23.2 Å². The van der Waals surface area contributed by atoms with Crippen LogP contribution < -0.4 is 5.73 Å². The fourth-order valence-corrected chi connectivity index (χ4v) is 2.79. The molecule has 0 saturated carbocycles. The first kappa shape index (κ1) is 11.6. The summed E-state index contributed by atoms with van der Waals surface area (Å²) in [5.74, 6) is 0. The summed E-state index contributed by atoms with van der Waals surface area (Å²) in [6.07, 6.45) is 5.36. The van der Waals surface area contributed by atoms with Gasteiger partial charge in [0.15, 0.2) is 0 Å². The molecule has 4 nitrogen and oxygen atoms in total. The van der Waals surface area contributed by atoms with Gasteiger partial charge in [0.05, 0.1) is 11.0 Å². The highest BCUT2D eigenvalue weighted by molar-refractivity contribution is 7.80. The molecule has 0 radical (unpaired) electrons. The molecular weight excluding hydrogens is 222 g/mol. The summed E-state index contributed by atoms with van der Waals surface area (Å²) in [6.45, 7) is 2.58. The van der Waals surface area contributed by atoms with Crippen molar-refractivity contribution in [3.8, 4) is 0 Å². The smallest absolute Gasteiger partial charge is 0.320 e. The van der Waals surface area contributed by atoms with Crippen molar-refractivity contribution in [1.29, 1.82) is 0 Å². The van der Waals surface area contributed by atoms with Crippen LogP contribution in [0.4, 0.5) is 4.79 Å². The SMILES string of the molecule is NC(=S)C1CCCCN1C(=O)N1CCCC1. The average Bonchev–Trinajstić information content (AvgIpc) is 2.81. The molecule has 2 heterocycles. The minimum atomic E-state index is -0.0168. The molecule has 0 aromatic heterocycles. The zero-order valence-corrected chi connectivity index (χ0v) is 10.3. The van der Waals surface area contributed by atoms with Gasteiger partial charge in [-0.25, -0.2) is 4.79 Å². The summed E-state index contributed by atoms with van der Waals surface area (Å²) in [5.41, 5.74) is 5.71. The summed E-state index contributed by atoms with van der Waals surface area (Å²) in [5, 5.41) is 0. The van der Waals surface area contributed by atoms with Gasteiger partial charge in [-0.1, -0.05) is 12.2 Å². The van der Waals surface area contributed by atoms with E-state index in [0.29, 0.717) is 4.99 Å². The Balaban J connectivity index is 2.04. The van der Waals surface area contributed by atoms with E-state index in [2.05, 4.69) is 0 Å². The topological polar surface area (TPSA) is 49.6 Å². The number of carbonyl (C=O) groups excluding carboxylic acids is 1. The van der Waals surface area contributed by atoms with Crippen molar-refractivity contribution in [2.45, 2.75) is 38.1 Å². The average molecular weight is 241 g/mol. The lowest BCUT2D eigenvalue weighted by Gasteiger charge is -2.37. The van der Waals surface area contributed by atoms with Crippen LogP contribution in [0.25, 0.3) is 0 Å². The van der Waals surface area contributed by atoms with E-state index < -0.39 is 0 Å². The van der Waals surface area contributed by atoms with E-state index in [1.807, 2.05) is 9.80 Å². The third-order valence-electron chi connectivity index (χ3n) is 3.45. The number of nitrogens with two attached hydrogens (primary N) is 1. The van der Waals surface area contributed by atoms with Crippen LogP contribution in [-0.4, -0.2) is 46.5 Å². The van der Waals surface area contributed by atoms with Crippen LogP contribution in [0, 0.1) is 0 Å². The molecule has 5 heteroatoms. The maximum absolute atomic E-state index is 12.3. The molecule has 2 saturated heterocycles. The fraction of sp³-hybridized carbons (Fsp3) is 0.818. The number of amides is 2. The molecule has 1 atom stereocenters. The normalized spacial score (nSPS) is 25.9. The first-order chi connectivity index (χ1) is 7.70. The molecular formula is C11H19N3OS. The quantitative estimate of drug-likeness (QED) is 0.705. The van der Waals surface area contributed by atoms with E-state index in [4.69, 9.17) is 18.0 Å². The molecule has 2 N–H and O–H groups in total. The zero-order valence-electron chi connectivity index (χ0n) is 9.52. The van der Waals surface area contributed by atoms with Gasteiger partial charge < -0.3 is 15.5 Å². The molecule has 0 spiro atoms.